The molecule has 1 rings (SSSR count). The van der Waals surface area contributed by atoms with Crippen molar-refractivity contribution in [2.45, 2.75) is 19.9 Å². The highest BCUT2D eigenvalue weighted by Gasteiger charge is 2.19. The summed E-state index contributed by atoms with van der Waals surface area (Å²) in [6, 6.07) is 2.46. The van der Waals surface area contributed by atoms with Gasteiger partial charge in [-0.1, -0.05) is 13.8 Å². The van der Waals surface area contributed by atoms with Crippen LogP contribution >= 0.6 is 0 Å². The summed E-state index contributed by atoms with van der Waals surface area (Å²) >= 11 is 0. The Labute approximate surface area is 109 Å². The van der Waals surface area contributed by atoms with E-state index >= 15 is 0 Å². The van der Waals surface area contributed by atoms with Gasteiger partial charge in [-0.2, -0.15) is 4.39 Å². The van der Waals surface area contributed by atoms with E-state index in [1.807, 2.05) is 13.8 Å². The van der Waals surface area contributed by atoms with E-state index in [1.54, 1.807) is 0 Å². The number of benzene rings is 1. The number of nitrogens with zero attached hydrogens (tertiary/aromatic N) is 1. The Morgan fingerprint density at radius 1 is 1.53 bits per heavy atom. The monoisotopic (exact) mass is 270 g/mol. The molecule has 6 nitrogen and oxygen atoms in total. The van der Waals surface area contributed by atoms with Crippen LogP contribution in [-0.2, 0) is 0 Å². The van der Waals surface area contributed by atoms with Gasteiger partial charge in [0.1, 0.15) is 0 Å². The van der Waals surface area contributed by atoms with Crippen molar-refractivity contribution in [1.29, 1.82) is 0 Å². The van der Waals surface area contributed by atoms with Crippen molar-refractivity contribution >= 4 is 11.6 Å². The third-order valence-corrected chi connectivity index (χ3v) is 2.72. The molecule has 104 valence electrons. The van der Waals surface area contributed by atoms with Crippen LogP contribution in [0.2, 0.25) is 0 Å². The molecule has 0 saturated carbocycles. The second-order valence-corrected chi connectivity index (χ2v) is 4.43. The number of rotatable bonds is 5. The second-order valence-electron chi connectivity index (χ2n) is 4.43. The highest BCUT2D eigenvalue weighted by molar-refractivity contribution is 5.94. The minimum Gasteiger partial charge on any atom is -0.394 e. The van der Waals surface area contributed by atoms with Gasteiger partial charge in [0.2, 0.25) is 5.82 Å². The Morgan fingerprint density at radius 2 is 2.16 bits per heavy atom. The molecule has 2 N–H and O–H groups in total. The maximum Gasteiger partial charge on any atom is 0.304 e. The summed E-state index contributed by atoms with van der Waals surface area (Å²) in [5, 5.41) is 22.1. The zero-order valence-electron chi connectivity index (χ0n) is 10.6. The molecule has 0 radical (unpaired) electrons. The number of halogens is 1. The van der Waals surface area contributed by atoms with Crippen LogP contribution in [0.25, 0.3) is 0 Å². The molecular formula is C12H15FN2O4. The molecule has 1 amide bonds. The average Bonchev–Trinajstić information content (AvgIpc) is 2.34. The van der Waals surface area contributed by atoms with Crippen LogP contribution in [0.5, 0.6) is 0 Å². The van der Waals surface area contributed by atoms with Gasteiger partial charge >= 0.3 is 5.69 Å². The molecule has 7 heteroatoms. The van der Waals surface area contributed by atoms with Crippen LogP contribution in [0.3, 0.4) is 0 Å². The highest BCUT2D eigenvalue weighted by Crippen LogP contribution is 2.18. The molecular weight excluding hydrogens is 255 g/mol. The summed E-state index contributed by atoms with van der Waals surface area (Å²) in [6.07, 6.45) is 0. The number of carbonyl (C=O) groups excluding carboxylic acids is 1. The molecule has 1 atom stereocenters. The SMILES string of the molecule is CC(C)[C@@H](CO)NC(=O)c1ccc([N+](=O)[O-])c(F)c1. The number of hydrogen-bond donors (Lipinski definition) is 2. The molecule has 0 unspecified atom stereocenters. The van der Waals surface area contributed by atoms with Crippen molar-refractivity contribution in [3.63, 3.8) is 0 Å². The smallest absolute Gasteiger partial charge is 0.304 e. The lowest BCUT2D eigenvalue weighted by Crippen LogP contribution is -2.41. The lowest BCUT2D eigenvalue weighted by Gasteiger charge is -2.19. The molecule has 0 spiro atoms. The maximum atomic E-state index is 13.4. The van der Waals surface area contributed by atoms with Crippen molar-refractivity contribution in [1.82, 2.24) is 5.32 Å². The third kappa shape index (κ3) is 3.72. The first-order valence-corrected chi connectivity index (χ1v) is 5.72. The van der Waals surface area contributed by atoms with Crippen molar-refractivity contribution in [2.75, 3.05) is 6.61 Å². The van der Waals surface area contributed by atoms with E-state index < -0.39 is 28.4 Å². The van der Waals surface area contributed by atoms with Gasteiger partial charge in [-0.25, -0.2) is 0 Å². The van der Waals surface area contributed by atoms with Gasteiger partial charge in [0.15, 0.2) is 0 Å². The summed E-state index contributed by atoms with van der Waals surface area (Å²) in [4.78, 5) is 21.4. The van der Waals surface area contributed by atoms with E-state index in [4.69, 9.17) is 5.11 Å². The van der Waals surface area contributed by atoms with Crippen molar-refractivity contribution < 1.29 is 19.2 Å². The quantitative estimate of drug-likeness (QED) is 0.626. The summed E-state index contributed by atoms with van der Waals surface area (Å²) < 4.78 is 13.4. The maximum absolute atomic E-state index is 13.4. The van der Waals surface area contributed by atoms with Crippen LogP contribution in [0.4, 0.5) is 10.1 Å². The summed E-state index contributed by atoms with van der Waals surface area (Å²) in [7, 11) is 0. The second kappa shape index (κ2) is 6.24. The van der Waals surface area contributed by atoms with Crippen LogP contribution in [0.15, 0.2) is 18.2 Å². The van der Waals surface area contributed by atoms with Crippen LogP contribution in [0.1, 0.15) is 24.2 Å². The van der Waals surface area contributed by atoms with Crippen molar-refractivity contribution in [3.8, 4) is 0 Å². The first kappa shape index (κ1) is 15.0. The van der Waals surface area contributed by atoms with E-state index in [-0.39, 0.29) is 18.1 Å². The van der Waals surface area contributed by atoms with E-state index in [9.17, 15) is 19.3 Å². The van der Waals surface area contributed by atoms with Gasteiger partial charge in [0.05, 0.1) is 17.6 Å². The lowest BCUT2D eigenvalue weighted by atomic mass is 10.0. The number of aliphatic hydroxyl groups excluding tert-OH is 1. The zero-order valence-corrected chi connectivity index (χ0v) is 10.6. The van der Waals surface area contributed by atoms with E-state index in [1.165, 1.54) is 6.07 Å². The number of amides is 1. The summed E-state index contributed by atoms with van der Waals surface area (Å²) in [5.41, 5.74) is -0.707. The number of nitro groups is 1. The Morgan fingerprint density at radius 3 is 2.58 bits per heavy atom. The van der Waals surface area contributed by atoms with E-state index in [2.05, 4.69) is 5.32 Å². The fourth-order valence-electron chi connectivity index (χ4n) is 1.47. The standard InChI is InChI=1S/C12H15FN2O4/c1-7(2)10(6-16)14-12(17)8-3-4-11(15(18)19)9(13)5-8/h3-5,7,10,16H,6H2,1-2H3,(H,14,17)/t10-/m1/s1. The zero-order chi connectivity index (χ0) is 14.6. The molecule has 0 saturated heterocycles. The Kier molecular flexibility index (Phi) is 4.94. The largest absolute Gasteiger partial charge is 0.394 e. The number of hydrogen-bond acceptors (Lipinski definition) is 4. The molecule has 0 aliphatic heterocycles. The molecule has 0 fully saturated rings. The summed E-state index contributed by atoms with van der Waals surface area (Å²) in [6.45, 7) is 3.40. The Hall–Kier alpha value is -2.02. The van der Waals surface area contributed by atoms with Gasteiger partial charge in [-0.3, -0.25) is 14.9 Å². The number of nitro benzene ring substituents is 1. The number of aliphatic hydroxyl groups is 1. The van der Waals surface area contributed by atoms with Crippen molar-refractivity contribution in [2.24, 2.45) is 5.92 Å². The summed E-state index contributed by atoms with van der Waals surface area (Å²) in [5.74, 6) is -1.64. The molecule has 0 aliphatic rings. The van der Waals surface area contributed by atoms with Gasteiger partial charge in [0, 0.05) is 11.6 Å². The first-order valence-electron chi connectivity index (χ1n) is 5.72. The lowest BCUT2D eigenvalue weighted by molar-refractivity contribution is -0.387. The molecule has 0 bridgehead atoms. The number of carbonyl (C=O) groups is 1. The highest BCUT2D eigenvalue weighted by atomic mass is 19.1. The van der Waals surface area contributed by atoms with Crippen LogP contribution in [-0.4, -0.2) is 28.6 Å². The molecule has 1 aromatic carbocycles. The predicted molar refractivity (Wildman–Crippen MR) is 66.2 cm³/mol. The fraction of sp³-hybridized carbons (Fsp3) is 0.417. The molecule has 0 aliphatic carbocycles. The normalized spacial score (nSPS) is 12.3. The van der Waals surface area contributed by atoms with E-state index in [0.717, 1.165) is 12.1 Å². The van der Waals surface area contributed by atoms with Gasteiger partial charge in [-0.15, -0.1) is 0 Å². The minimum atomic E-state index is -1.07. The van der Waals surface area contributed by atoms with E-state index in [0.29, 0.717) is 0 Å². The molecule has 1 aromatic rings. The molecule has 0 heterocycles. The third-order valence-electron chi connectivity index (χ3n) is 2.72. The average molecular weight is 270 g/mol. The fourth-order valence-corrected chi connectivity index (χ4v) is 1.47. The van der Waals surface area contributed by atoms with Crippen molar-refractivity contribution in [3.05, 3.63) is 39.7 Å². The van der Waals surface area contributed by atoms with Gasteiger partial charge in [0.25, 0.3) is 5.91 Å². The Balaban J connectivity index is 2.89. The minimum absolute atomic E-state index is 0.0110. The Bertz CT molecular complexity index is 491. The van der Waals surface area contributed by atoms with Crippen LogP contribution < -0.4 is 5.32 Å². The first-order chi connectivity index (χ1) is 8.86. The van der Waals surface area contributed by atoms with Gasteiger partial charge in [-0.05, 0) is 18.1 Å². The molecule has 0 aromatic heterocycles. The van der Waals surface area contributed by atoms with Gasteiger partial charge < -0.3 is 10.4 Å². The topological polar surface area (TPSA) is 92.5 Å². The number of nitrogens with one attached hydrogen (secondary N) is 1. The van der Waals surface area contributed by atoms with Crippen LogP contribution in [0, 0.1) is 21.8 Å². The predicted octanol–water partition coefficient (Wildman–Crippen LogP) is 1.48. The molecule has 19 heavy (non-hydrogen) atoms.